The second kappa shape index (κ2) is 9.24. The molecule has 3 aliphatic rings. The van der Waals surface area contributed by atoms with Crippen molar-refractivity contribution in [1.29, 1.82) is 0 Å². The van der Waals surface area contributed by atoms with Gasteiger partial charge in [0.25, 0.3) is 0 Å². The first-order chi connectivity index (χ1) is 18.7. The number of hydrogen-bond acceptors (Lipinski definition) is 8. The van der Waals surface area contributed by atoms with Crippen molar-refractivity contribution >= 4 is 5.95 Å². The van der Waals surface area contributed by atoms with Crippen LogP contribution in [0.3, 0.4) is 0 Å². The normalized spacial score (nSPS) is 27.0. The van der Waals surface area contributed by atoms with Crippen LogP contribution in [-0.4, -0.2) is 62.6 Å². The Labute approximate surface area is 212 Å². The molecule has 8 nitrogen and oxygen atoms in total. The Kier molecular flexibility index (Phi) is 5.07. The summed E-state index contributed by atoms with van der Waals surface area (Å²) < 4.78 is 56.4. The number of halogens is 2. The number of hydrogen-bond donors (Lipinski definition) is 2. The number of nitrogens with zero attached hydrogens (tertiary/aromatic N) is 5. The van der Waals surface area contributed by atoms with Crippen LogP contribution in [-0.2, 0) is 0 Å². The number of phenolic OH excluding ortho intramolecular Hbond substituents is 1. The maximum atomic E-state index is 15.5. The molecule has 2 N–H and O–H groups in total. The Morgan fingerprint density at radius 1 is 1.11 bits per heavy atom. The number of piperidine rings is 2. The molecule has 10 heteroatoms. The molecule has 0 spiro atoms. The number of aromatic nitrogens is 4. The zero-order chi connectivity index (χ0) is 27.3. The third kappa shape index (κ3) is 4.23. The number of alkyl halides is 1. The lowest BCUT2D eigenvalue weighted by Crippen LogP contribution is -2.62. The van der Waals surface area contributed by atoms with Crippen LogP contribution in [0, 0.1) is 5.82 Å². The summed E-state index contributed by atoms with van der Waals surface area (Å²) >= 11 is 0. The quantitative estimate of drug-likeness (QED) is 0.527. The fourth-order valence-electron chi connectivity index (χ4n) is 5.51. The van der Waals surface area contributed by atoms with Gasteiger partial charge in [0.05, 0.1) is 29.6 Å². The van der Waals surface area contributed by atoms with Crippen molar-refractivity contribution in [1.82, 2.24) is 25.5 Å². The summed E-state index contributed by atoms with van der Waals surface area (Å²) in [4.78, 5) is 10.2. The minimum atomic E-state index is -2.74. The van der Waals surface area contributed by atoms with E-state index in [1.807, 2.05) is 4.90 Å². The molecule has 3 aromatic rings. The van der Waals surface area contributed by atoms with Gasteiger partial charge in [-0.1, -0.05) is 12.5 Å². The van der Waals surface area contributed by atoms with Crippen molar-refractivity contribution in [3.8, 4) is 34.0 Å². The van der Waals surface area contributed by atoms with Crippen LogP contribution in [0.5, 0.6) is 11.6 Å². The van der Waals surface area contributed by atoms with E-state index in [0.29, 0.717) is 29.7 Å². The fourth-order valence-corrected chi connectivity index (χ4v) is 5.51. The molecular weight excluding hydrogens is 466 g/mol. The van der Waals surface area contributed by atoms with Crippen molar-refractivity contribution in [2.75, 3.05) is 11.9 Å². The number of ether oxygens (including phenoxy) is 1. The van der Waals surface area contributed by atoms with Crippen LogP contribution < -0.4 is 15.0 Å². The Hall–Kier alpha value is -3.40. The van der Waals surface area contributed by atoms with Gasteiger partial charge in [0.15, 0.2) is 0 Å². The van der Waals surface area contributed by atoms with Crippen LogP contribution in [0.15, 0.2) is 36.7 Å². The Balaban J connectivity index is 1.24. The molecule has 2 aromatic heterocycles. The molecule has 2 bridgehead atoms. The van der Waals surface area contributed by atoms with Gasteiger partial charge in [-0.25, -0.2) is 18.7 Å². The largest absolute Gasteiger partial charge is 0.507 e. The van der Waals surface area contributed by atoms with Crippen molar-refractivity contribution in [3.63, 3.8) is 0 Å². The molecule has 36 heavy (non-hydrogen) atoms. The molecule has 0 unspecified atom stereocenters. The van der Waals surface area contributed by atoms with E-state index in [-0.39, 0.29) is 40.9 Å². The van der Waals surface area contributed by atoms with Gasteiger partial charge < -0.3 is 20.1 Å². The van der Waals surface area contributed by atoms with Crippen molar-refractivity contribution in [2.24, 2.45) is 0 Å². The summed E-state index contributed by atoms with van der Waals surface area (Å²) in [6.45, 7) is 0. The number of methoxy groups -OCH3 is 1. The first-order valence-corrected chi connectivity index (χ1v) is 12.2. The highest BCUT2D eigenvalue weighted by molar-refractivity contribution is 5.74. The van der Waals surface area contributed by atoms with Gasteiger partial charge in [-0.15, -0.1) is 10.2 Å². The molecule has 0 radical (unpaired) electrons. The van der Waals surface area contributed by atoms with Gasteiger partial charge >= 0.3 is 0 Å². The van der Waals surface area contributed by atoms with E-state index in [4.69, 9.17) is 8.85 Å². The van der Waals surface area contributed by atoms with E-state index in [2.05, 4.69) is 25.5 Å². The van der Waals surface area contributed by atoms with Crippen LogP contribution in [0.1, 0.15) is 42.6 Å². The lowest BCUT2D eigenvalue weighted by atomic mass is 9.82. The van der Waals surface area contributed by atoms with E-state index in [1.54, 1.807) is 12.1 Å². The van der Waals surface area contributed by atoms with Gasteiger partial charge in [-0.05, 0) is 49.8 Å². The molecular formula is C26H28F2N6O2. The number of pyridine rings is 1. The third-order valence-corrected chi connectivity index (χ3v) is 7.39. The molecule has 3 fully saturated rings. The Morgan fingerprint density at radius 3 is 2.75 bits per heavy atom. The third-order valence-electron chi connectivity index (χ3n) is 7.39. The molecule has 4 atom stereocenters. The molecule has 188 valence electrons. The molecule has 4 heterocycles. The number of nitrogens with one attached hydrogen (secondary N) is 1. The first kappa shape index (κ1) is 19.7. The molecule has 1 saturated carbocycles. The molecule has 0 amide bonds. The molecule has 2 saturated heterocycles. The van der Waals surface area contributed by atoms with Crippen LogP contribution in [0.2, 0.25) is 0 Å². The van der Waals surface area contributed by atoms with E-state index < -0.39 is 19.0 Å². The summed E-state index contributed by atoms with van der Waals surface area (Å²) in [5.41, 5.74) is 0.934. The fraction of sp³-hybridized carbons (Fsp3) is 0.462. The van der Waals surface area contributed by atoms with Gasteiger partial charge in [0, 0.05) is 35.3 Å². The van der Waals surface area contributed by atoms with Crippen molar-refractivity contribution in [3.05, 3.63) is 42.5 Å². The van der Waals surface area contributed by atoms with Gasteiger partial charge in [0.1, 0.15) is 23.4 Å². The van der Waals surface area contributed by atoms with Gasteiger partial charge in [-0.2, -0.15) is 0 Å². The Morgan fingerprint density at radius 2 is 2.00 bits per heavy atom. The zero-order valence-electron chi connectivity index (χ0n) is 22.4. The van der Waals surface area contributed by atoms with E-state index in [0.717, 1.165) is 44.4 Å². The first-order valence-electron chi connectivity index (χ1n) is 13.7. The minimum absolute atomic E-state index is 0.0123. The number of anilines is 1. The summed E-state index contributed by atoms with van der Waals surface area (Å²) in [6.07, 6.45) is 6.88. The predicted molar refractivity (Wildman–Crippen MR) is 130 cm³/mol. The van der Waals surface area contributed by atoms with Crippen molar-refractivity contribution in [2.45, 2.75) is 68.9 Å². The second-order valence-electron chi connectivity index (χ2n) is 9.77. The smallest absolute Gasteiger partial charge is 0.245 e. The summed E-state index contributed by atoms with van der Waals surface area (Å²) in [5.74, 6) is -0.793. The zero-order valence-corrected chi connectivity index (χ0v) is 19.4. The molecule has 1 aromatic carbocycles. The minimum Gasteiger partial charge on any atom is -0.507 e. The predicted octanol–water partition coefficient (Wildman–Crippen LogP) is 4.04. The molecule has 1 aliphatic carbocycles. The number of fused-ring (bicyclic) bond motifs is 2. The topological polar surface area (TPSA) is 96.3 Å². The van der Waals surface area contributed by atoms with E-state index >= 15 is 4.39 Å². The lowest BCUT2D eigenvalue weighted by molar-refractivity contribution is 0.103. The monoisotopic (exact) mass is 497 g/mol. The molecule has 2 aliphatic heterocycles. The average molecular weight is 498 g/mol. The Bertz CT molecular complexity index is 1360. The standard InChI is InChI=1S/C26H28F2N6O2/c1-36-24-11-18(19(27)12-29-24)14-5-8-17(23(35)9-14)21-13-30-26(33-32-21)34(16-6-7-16)22-10-15-3-2-4-20(31-15)25(22)28/h5,8-9,11-13,15-16,20,22,25,31,35H,2-4,6-7,10H2,1H3/t15-,20-,22-,25+/m0/s1/i1D3. The summed E-state index contributed by atoms with van der Waals surface area (Å²) in [7, 11) is -2.74. The number of benzene rings is 1. The summed E-state index contributed by atoms with van der Waals surface area (Å²) in [6, 6.07) is 5.64. The maximum absolute atomic E-state index is 15.5. The highest BCUT2D eigenvalue weighted by Gasteiger charge is 2.47. The van der Waals surface area contributed by atoms with E-state index in [1.165, 1.54) is 12.3 Å². The number of rotatable bonds is 6. The highest BCUT2D eigenvalue weighted by Crippen LogP contribution is 2.39. The van der Waals surface area contributed by atoms with Crippen LogP contribution >= 0.6 is 0 Å². The van der Waals surface area contributed by atoms with Crippen LogP contribution in [0.4, 0.5) is 14.7 Å². The SMILES string of the molecule is [2H]C([2H])([2H])Oc1cc(-c2ccc(-c3cnc(N(C4CC4)[C@H]4C[C@@H]5CCC[C@H](N5)[C@H]4F)nn3)c(O)c2)c(F)cn1. The number of aromatic hydroxyl groups is 1. The maximum Gasteiger partial charge on any atom is 0.245 e. The van der Waals surface area contributed by atoms with E-state index in [9.17, 15) is 9.50 Å². The highest BCUT2D eigenvalue weighted by atomic mass is 19.1. The van der Waals surface area contributed by atoms with Crippen molar-refractivity contribution < 1.29 is 22.7 Å². The number of phenols is 1. The van der Waals surface area contributed by atoms with Gasteiger partial charge in [-0.3, -0.25) is 0 Å². The second-order valence-corrected chi connectivity index (χ2v) is 9.77. The molecule has 6 rings (SSSR count). The van der Waals surface area contributed by atoms with Gasteiger partial charge in [0.2, 0.25) is 11.8 Å². The summed E-state index contributed by atoms with van der Waals surface area (Å²) in [5, 5.41) is 22.8. The average Bonchev–Trinajstić information content (AvgIpc) is 3.73. The van der Waals surface area contributed by atoms with Crippen LogP contribution in [0.25, 0.3) is 22.4 Å². The lowest BCUT2D eigenvalue weighted by Gasteiger charge is -2.46.